The van der Waals surface area contributed by atoms with Crippen molar-refractivity contribution in [2.75, 3.05) is 33.2 Å². The molecule has 3 aliphatic rings. The summed E-state index contributed by atoms with van der Waals surface area (Å²) >= 11 is 0. The van der Waals surface area contributed by atoms with Crippen LogP contribution < -0.4 is 5.32 Å². The van der Waals surface area contributed by atoms with Crippen molar-refractivity contribution in [1.29, 1.82) is 0 Å². The van der Waals surface area contributed by atoms with Gasteiger partial charge in [-0.25, -0.2) is 0 Å². The van der Waals surface area contributed by atoms with E-state index in [0.717, 1.165) is 19.4 Å². The molecule has 5 nitrogen and oxygen atoms in total. The maximum atomic E-state index is 12.6. The number of hydrogen-bond acceptors (Lipinski definition) is 3. The first-order valence-electron chi connectivity index (χ1n) is 8.00. The molecular formula is C14H27N3O2S. The molecule has 1 N–H and O–H groups in total. The first kappa shape index (κ1) is 14.8. The van der Waals surface area contributed by atoms with Gasteiger partial charge in [0.05, 0.1) is 0 Å². The molecule has 0 amide bonds. The van der Waals surface area contributed by atoms with Gasteiger partial charge in [-0.15, -0.1) is 0 Å². The fourth-order valence-electron chi connectivity index (χ4n) is 2.98. The lowest BCUT2D eigenvalue weighted by molar-refractivity contribution is 0.245. The first-order valence-corrected chi connectivity index (χ1v) is 9.40. The van der Waals surface area contributed by atoms with Gasteiger partial charge in [0.25, 0.3) is 10.2 Å². The van der Waals surface area contributed by atoms with Gasteiger partial charge in [-0.3, -0.25) is 0 Å². The van der Waals surface area contributed by atoms with Crippen molar-refractivity contribution >= 4 is 10.2 Å². The van der Waals surface area contributed by atoms with Crippen molar-refractivity contribution in [2.24, 2.45) is 11.8 Å². The van der Waals surface area contributed by atoms with Crippen LogP contribution in [0, 0.1) is 11.8 Å². The SMILES string of the molecule is CN(CC1CC1)S(=O)(=O)N1CCCC(CNC2CC2)C1. The van der Waals surface area contributed by atoms with Gasteiger partial charge < -0.3 is 5.32 Å². The molecule has 0 aromatic carbocycles. The molecule has 1 atom stereocenters. The molecule has 0 radical (unpaired) electrons. The summed E-state index contributed by atoms with van der Waals surface area (Å²) in [6, 6.07) is 0.708. The lowest BCUT2D eigenvalue weighted by atomic mass is 10.00. The van der Waals surface area contributed by atoms with E-state index in [1.807, 2.05) is 0 Å². The first-order chi connectivity index (χ1) is 9.55. The van der Waals surface area contributed by atoms with E-state index in [9.17, 15) is 8.42 Å². The van der Waals surface area contributed by atoms with Gasteiger partial charge in [0, 0.05) is 32.7 Å². The fourth-order valence-corrected chi connectivity index (χ4v) is 4.53. The van der Waals surface area contributed by atoms with Crippen LogP contribution in [0.2, 0.25) is 0 Å². The van der Waals surface area contributed by atoms with Gasteiger partial charge in [0.15, 0.2) is 0 Å². The van der Waals surface area contributed by atoms with Crippen molar-refractivity contribution in [1.82, 2.24) is 13.9 Å². The molecule has 1 heterocycles. The molecule has 3 rings (SSSR count). The highest BCUT2D eigenvalue weighted by Crippen LogP contribution is 2.31. The third-order valence-corrected chi connectivity index (χ3v) is 6.61. The van der Waals surface area contributed by atoms with Crippen LogP contribution in [-0.4, -0.2) is 56.3 Å². The summed E-state index contributed by atoms with van der Waals surface area (Å²) in [7, 11) is -1.50. The van der Waals surface area contributed by atoms with E-state index >= 15 is 0 Å². The van der Waals surface area contributed by atoms with Crippen LogP contribution in [0.15, 0.2) is 0 Å². The zero-order chi connectivity index (χ0) is 14.2. The minimum Gasteiger partial charge on any atom is -0.314 e. The smallest absolute Gasteiger partial charge is 0.281 e. The molecule has 1 saturated heterocycles. The molecule has 2 aliphatic carbocycles. The van der Waals surface area contributed by atoms with Crippen molar-refractivity contribution in [2.45, 2.75) is 44.6 Å². The van der Waals surface area contributed by atoms with E-state index in [0.29, 0.717) is 37.5 Å². The minimum atomic E-state index is -3.23. The molecule has 0 aromatic rings. The van der Waals surface area contributed by atoms with Gasteiger partial charge >= 0.3 is 0 Å². The van der Waals surface area contributed by atoms with Crippen LogP contribution in [0.4, 0.5) is 0 Å². The summed E-state index contributed by atoms with van der Waals surface area (Å²) < 4.78 is 28.4. The molecule has 20 heavy (non-hydrogen) atoms. The highest BCUT2D eigenvalue weighted by Gasteiger charge is 2.35. The van der Waals surface area contributed by atoms with Crippen molar-refractivity contribution in [3.63, 3.8) is 0 Å². The van der Waals surface area contributed by atoms with E-state index in [1.54, 1.807) is 15.7 Å². The number of piperidine rings is 1. The second-order valence-corrected chi connectivity index (χ2v) is 8.82. The Labute approximate surface area is 122 Å². The van der Waals surface area contributed by atoms with Gasteiger partial charge in [-0.1, -0.05) is 0 Å². The molecule has 2 saturated carbocycles. The van der Waals surface area contributed by atoms with E-state index in [-0.39, 0.29) is 0 Å². The topological polar surface area (TPSA) is 52.7 Å². The Bertz CT molecular complexity index is 432. The molecular weight excluding hydrogens is 274 g/mol. The maximum Gasteiger partial charge on any atom is 0.281 e. The average molecular weight is 301 g/mol. The molecule has 0 spiro atoms. The predicted molar refractivity (Wildman–Crippen MR) is 79.6 cm³/mol. The van der Waals surface area contributed by atoms with Crippen LogP contribution in [-0.2, 0) is 10.2 Å². The Morgan fingerprint density at radius 1 is 1.15 bits per heavy atom. The fraction of sp³-hybridized carbons (Fsp3) is 1.00. The molecule has 0 bridgehead atoms. The summed E-state index contributed by atoms with van der Waals surface area (Å²) in [5.74, 6) is 1.08. The Morgan fingerprint density at radius 2 is 1.90 bits per heavy atom. The summed E-state index contributed by atoms with van der Waals surface area (Å²) in [6.45, 7) is 3.06. The summed E-state index contributed by atoms with van der Waals surface area (Å²) in [4.78, 5) is 0. The normalized spacial score (nSPS) is 29.0. The largest absolute Gasteiger partial charge is 0.314 e. The molecule has 3 fully saturated rings. The van der Waals surface area contributed by atoms with Crippen LogP contribution >= 0.6 is 0 Å². The molecule has 6 heteroatoms. The van der Waals surface area contributed by atoms with Crippen molar-refractivity contribution in [3.05, 3.63) is 0 Å². The van der Waals surface area contributed by atoms with Crippen LogP contribution in [0.3, 0.4) is 0 Å². The van der Waals surface area contributed by atoms with Crippen LogP contribution in [0.5, 0.6) is 0 Å². The lowest BCUT2D eigenvalue weighted by Crippen LogP contribution is -2.48. The predicted octanol–water partition coefficient (Wildman–Crippen LogP) is 1.04. The maximum absolute atomic E-state index is 12.6. The van der Waals surface area contributed by atoms with E-state index in [2.05, 4.69) is 5.32 Å². The summed E-state index contributed by atoms with van der Waals surface area (Å²) in [6.07, 6.45) is 7.10. The molecule has 0 aromatic heterocycles. The Morgan fingerprint density at radius 3 is 2.55 bits per heavy atom. The Kier molecular flexibility index (Phi) is 4.36. The summed E-state index contributed by atoms with van der Waals surface area (Å²) in [5, 5.41) is 3.53. The highest BCUT2D eigenvalue weighted by molar-refractivity contribution is 7.86. The van der Waals surface area contributed by atoms with Gasteiger partial charge in [-0.2, -0.15) is 17.0 Å². The number of nitrogens with zero attached hydrogens (tertiary/aromatic N) is 2. The third kappa shape index (κ3) is 3.72. The second kappa shape index (κ2) is 5.91. The van der Waals surface area contributed by atoms with E-state index in [4.69, 9.17) is 0 Å². The second-order valence-electron chi connectivity index (χ2n) is 6.78. The Hall–Kier alpha value is -0.170. The van der Waals surface area contributed by atoms with Crippen molar-refractivity contribution in [3.8, 4) is 0 Å². The van der Waals surface area contributed by atoms with Gasteiger partial charge in [0.1, 0.15) is 0 Å². The standard InChI is InChI=1S/C14H27N3O2S/c1-16(10-12-4-5-12)20(18,19)17-8-2-3-13(11-17)9-15-14-6-7-14/h12-15H,2-11H2,1H3. The average Bonchev–Trinajstić information content (AvgIpc) is 3.31. The minimum absolute atomic E-state index is 0.480. The summed E-state index contributed by atoms with van der Waals surface area (Å²) in [5.41, 5.74) is 0. The van der Waals surface area contributed by atoms with Crippen LogP contribution in [0.1, 0.15) is 38.5 Å². The van der Waals surface area contributed by atoms with E-state index in [1.165, 1.54) is 25.7 Å². The van der Waals surface area contributed by atoms with Gasteiger partial charge in [0.2, 0.25) is 0 Å². The van der Waals surface area contributed by atoms with Gasteiger partial charge in [-0.05, 0) is 56.9 Å². The van der Waals surface area contributed by atoms with Crippen molar-refractivity contribution < 1.29 is 8.42 Å². The van der Waals surface area contributed by atoms with Crippen LogP contribution in [0.25, 0.3) is 0 Å². The number of hydrogen-bond donors (Lipinski definition) is 1. The molecule has 116 valence electrons. The molecule has 1 aliphatic heterocycles. The van der Waals surface area contributed by atoms with E-state index < -0.39 is 10.2 Å². The number of nitrogens with one attached hydrogen (secondary N) is 1. The third-order valence-electron chi connectivity index (χ3n) is 4.69. The monoisotopic (exact) mass is 301 g/mol. The zero-order valence-corrected chi connectivity index (χ0v) is 13.2. The Balaban J connectivity index is 1.53. The number of rotatable bonds is 7. The molecule has 1 unspecified atom stereocenters. The lowest BCUT2D eigenvalue weighted by Gasteiger charge is -2.34. The zero-order valence-electron chi connectivity index (χ0n) is 12.4. The highest BCUT2D eigenvalue weighted by atomic mass is 32.2. The quantitative estimate of drug-likeness (QED) is 0.764.